The number of methoxy groups -OCH3 is 1. The smallest absolute Gasteiger partial charge is 0.115 e. The molecule has 0 saturated carbocycles. The van der Waals surface area contributed by atoms with Crippen molar-refractivity contribution in [3.8, 4) is 5.75 Å². The normalized spacial score (nSPS) is 13.7. The summed E-state index contributed by atoms with van der Waals surface area (Å²) in [5.74, 6) is 0.284. The molecule has 0 heterocycles. The minimum Gasteiger partial charge on any atom is -0.508 e. The zero-order valence-electron chi connectivity index (χ0n) is 12.7. The van der Waals surface area contributed by atoms with Crippen LogP contribution in [0.25, 0.3) is 0 Å². The number of aromatic hydroxyl groups is 1. The second kappa shape index (κ2) is 4.58. The second-order valence-corrected chi connectivity index (χ2v) is 6.93. The van der Waals surface area contributed by atoms with E-state index >= 15 is 0 Å². The van der Waals surface area contributed by atoms with Crippen molar-refractivity contribution in [1.29, 1.82) is 0 Å². The summed E-state index contributed by atoms with van der Waals surface area (Å²) in [6, 6.07) is 7.35. The van der Waals surface area contributed by atoms with E-state index < -0.39 is 5.60 Å². The quantitative estimate of drug-likeness (QED) is 0.846. The van der Waals surface area contributed by atoms with Crippen molar-refractivity contribution in [3.05, 3.63) is 29.8 Å². The lowest BCUT2D eigenvalue weighted by Crippen LogP contribution is -2.51. The van der Waals surface area contributed by atoms with Gasteiger partial charge in [-0.05, 0) is 28.5 Å². The molecule has 0 radical (unpaired) electrons. The maximum absolute atomic E-state index is 9.46. The van der Waals surface area contributed by atoms with Gasteiger partial charge in [0.05, 0.1) is 0 Å². The fourth-order valence-electron chi connectivity index (χ4n) is 3.42. The number of hydrogen-bond donors (Lipinski definition) is 1. The molecule has 0 amide bonds. The number of phenols is 1. The fraction of sp³-hybridized carbons (Fsp3) is 0.625. The molecule has 0 aromatic heterocycles. The van der Waals surface area contributed by atoms with E-state index in [-0.39, 0.29) is 16.6 Å². The molecule has 102 valence electrons. The summed E-state index contributed by atoms with van der Waals surface area (Å²) in [5, 5.41) is 9.46. The van der Waals surface area contributed by atoms with Crippen LogP contribution in [0, 0.1) is 10.8 Å². The van der Waals surface area contributed by atoms with Gasteiger partial charge in [0, 0.05) is 7.11 Å². The van der Waals surface area contributed by atoms with Gasteiger partial charge in [-0.3, -0.25) is 0 Å². The number of ether oxygens (including phenoxy) is 1. The first kappa shape index (κ1) is 15.0. The lowest BCUT2D eigenvalue weighted by atomic mass is 9.59. The third-order valence-electron chi connectivity index (χ3n) is 3.69. The molecule has 0 aliphatic heterocycles. The van der Waals surface area contributed by atoms with E-state index in [1.807, 2.05) is 12.1 Å². The first-order chi connectivity index (χ1) is 8.06. The van der Waals surface area contributed by atoms with Gasteiger partial charge in [-0.1, -0.05) is 53.7 Å². The highest BCUT2D eigenvalue weighted by Crippen LogP contribution is 2.53. The molecule has 0 spiro atoms. The lowest BCUT2D eigenvalue weighted by molar-refractivity contribution is -0.170. The Morgan fingerprint density at radius 1 is 0.833 bits per heavy atom. The van der Waals surface area contributed by atoms with Crippen LogP contribution in [0.2, 0.25) is 0 Å². The Kier molecular flexibility index (Phi) is 3.83. The average molecular weight is 250 g/mol. The van der Waals surface area contributed by atoms with E-state index in [1.165, 1.54) is 0 Å². The predicted octanol–water partition coefficient (Wildman–Crippen LogP) is 4.33. The van der Waals surface area contributed by atoms with E-state index in [0.29, 0.717) is 0 Å². The number of rotatable bonds is 2. The van der Waals surface area contributed by atoms with Crippen LogP contribution < -0.4 is 0 Å². The first-order valence-corrected chi connectivity index (χ1v) is 6.41. The van der Waals surface area contributed by atoms with Gasteiger partial charge in [0.15, 0.2) is 0 Å². The summed E-state index contributed by atoms with van der Waals surface area (Å²) in [4.78, 5) is 0. The maximum Gasteiger partial charge on any atom is 0.115 e. The molecule has 0 aliphatic rings. The minimum absolute atomic E-state index is 0.0586. The van der Waals surface area contributed by atoms with E-state index in [0.717, 1.165) is 5.56 Å². The van der Waals surface area contributed by atoms with Crippen molar-refractivity contribution >= 4 is 0 Å². The summed E-state index contributed by atoms with van der Waals surface area (Å²) in [6.45, 7) is 13.1. The summed E-state index contributed by atoms with van der Waals surface area (Å²) in [5.41, 5.74) is 0.574. The number of phenolic OH excluding ortho intramolecular Hbond substituents is 1. The SMILES string of the molecule is COC(c1ccc(O)cc1)(C(C)(C)C)C(C)(C)C. The van der Waals surface area contributed by atoms with E-state index in [2.05, 4.69) is 41.5 Å². The van der Waals surface area contributed by atoms with E-state index in [4.69, 9.17) is 4.74 Å². The molecule has 0 fully saturated rings. The molecule has 1 aromatic rings. The molecular weight excluding hydrogens is 224 g/mol. The summed E-state index contributed by atoms with van der Waals surface area (Å²) in [6.07, 6.45) is 0. The third-order valence-corrected chi connectivity index (χ3v) is 3.69. The Bertz CT molecular complexity index is 377. The number of benzene rings is 1. The minimum atomic E-state index is -0.409. The van der Waals surface area contributed by atoms with Gasteiger partial charge in [0.25, 0.3) is 0 Å². The monoisotopic (exact) mass is 250 g/mol. The predicted molar refractivity (Wildman–Crippen MR) is 75.7 cm³/mol. The van der Waals surface area contributed by atoms with Gasteiger partial charge in [0.1, 0.15) is 11.4 Å². The van der Waals surface area contributed by atoms with Crippen molar-refractivity contribution in [2.75, 3.05) is 7.11 Å². The summed E-state index contributed by atoms with van der Waals surface area (Å²) in [7, 11) is 1.77. The zero-order valence-corrected chi connectivity index (χ0v) is 12.7. The Hall–Kier alpha value is -1.02. The standard InChI is InChI=1S/C16H26O2/c1-14(2,3)16(18-7,15(4,5)6)12-8-10-13(17)11-9-12/h8-11,17H,1-7H3. The van der Waals surface area contributed by atoms with Crippen LogP contribution in [-0.2, 0) is 10.3 Å². The highest BCUT2D eigenvalue weighted by atomic mass is 16.5. The van der Waals surface area contributed by atoms with Crippen molar-refractivity contribution in [2.45, 2.75) is 47.1 Å². The van der Waals surface area contributed by atoms with Crippen molar-refractivity contribution in [3.63, 3.8) is 0 Å². The Morgan fingerprint density at radius 2 is 1.22 bits per heavy atom. The van der Waals surface area contributed by atoms with Crippen LogP contribution in [0.4, 0.5) is 0 Å². The summed E-state index contributed by atoms with van der Waals surface area (Å²) < 4.78 is 6.01. The molecule has 0 saturated heterocycles. The summed E-state index contributed by atoms with van der Waals surface area (Å²) >= 11 is 0. The van der Waals surface area contributed by atoms with Gasteiger partial charge < -0.3 is 9.84 Å². The molecule has 18 heavy (non-hydrogen) atoms. The van der Waals surface area contributed by atoms with Gasteiger partial charge in [0.2, 0.25) is 0 Å². The highest BCUT2D eigenvalue weighted by molar-refractivity contribution is 5.33. The Labute approximate surface area is 111 Å². The van der Waals surface area contributed by atoms with E-state index in [1.54, 1.807) is 19.2 Å². The van der Waals surface area contributed by atoms with Crippen LogP contribution in [0.15, 0.2) is 24.3 Å². The van der Waals surface area contributed by atoms with Crippen molar-refractivity contribution < 1.29 is 9.84 Å². The molecule has 0 unspecified atom stereocenters. The number of hydrogen-bond acceptors (Lipinski definition) is 2. The van der Waals surface area contributed by atoms with E-state index in [9.17, 15) is 5.11 Å². The van der Waals surface area contributed by atoms with Gasteiger partial charge in [-0.15, -0.1) is 0 Å². The largest absolute Gasteiger partial charge is 0.508 e. The van der Waals surface area contributed by atoms with Crippen LogP contribution >= 0.6 is 0 Å². The Morgan fingerprint density at radius 3 is 1.50 bits per heavy atom. The van der Waals surface area contributed by atoms with Crippen LogP contribution in [0.1, 0.15) is 47.1 Å². The second-order valence-electron chi connectivity index (χ2n) is 6.93. The van der Waals surface area contributed by atoms with Crippen LogP contribution in [0.5, 0.6) is 5.75 Å². The van der Waals surface area contributed by atoms with Crippen molar-refractivity contribution in [2.24, 2.45) is 10.8 Å². The molecule has 0 aliphatic carbocycles. The Balaban J connectivity index is 3.51. The molecule has 2 heteroatoms. The fourth-order valence-corrected chi connectivity index (χ4v) is 3.42. The average Bonchev–Trinajstić information content (AvgIpc) is 2.18. The van der Waals surface area contributed by atoms with Gasteiger partial charge >= 0.3 is 0 Å². The molecule has 1 rings (SSSR count). The third kappa shape index (κ3) is 2.26. The maximum atomic E-state index is 9.46. The molecule has 0 bridgehead atoms. The van der Waals surface area contributed by atoms with Crippen molar-refractivity contribution in [1.82, 2.24) is 0 Å². The topological polar surface area (TPSA) is 29.5 Å². The zero-order chi connectivity index (χ0) is 14.2. The van der Waals surface area contributed by atoms with Gasteiger partial charge in [-0.2, -0.15) is 0 Å². The first-order valence-electron chi connectivity index (χ1n) is 6.41. The highest BCUT2D eigenvalue weighted by Gasteiger charge is 2.52. The lowest BCUT2D eigenvalue weighted by Gasteiger charge is -2.52. The van der Waals surface area contributed by atoms with Crippen LogP contribution in [-0.4, -0.2) is 12.2 Å². The molecular formula is C16H26O2. The molecule has 1 N–H and O–H groups in total. The van der Waals surface area contributed by atoms with Crippen LogP contribution in [0.3, 0.4) is 0 Å². The van der Waals surface area contributed by atoms with Gasteiger partial charge in [-0.25, -0.2) is 0 Å². The molecule has 1 aromatic carbocycles. The molecule has 2 nitrogen and oxygen atoms in total. The molecule has 0 atom stereocenters.